The lowest BCUT2D eigenvalue weighted by Gasteiger charge is -2.06. The van der Waals surface area contributed by atoms with Crippen molar-refractivity contribution in [2.45, 2.75) is 161 Å². The molecule has 0 aromatic carbocycles. The topological polar surface area (TPSA) is 35.1 Å². The van der Waals surface area contributed by atoms with E-state index in [0.717, 1.165) is 6.42 Å². The van der Waals surface area contributed by atoms with E-state index in [1.165, 1.54) is 148 Å². The highest BCUT2D eigenvalue weighted by Gasteiger charge is 1.95. The van der Waals surface area contributed by atoms with Gasteiger partial charge in [-0.2, -0.15) is 0 Å². The van der Waals surface area contributed by atoms with Crippen LogP contribution in [0.5, 0.6) is 0 Å². The number of unbranched alkanes of at least 4 members (excludes halogenated alkanes) is 23. The third-order valence-corrected chi connectivity index (χ3v) is 6.13. The Morgan fingerprint density at radius 3 is 0.786 bits per heavy atom. The monoisotopic (exact) mass is 396 g/mol. The fourth-order valence-electron chi connectivity index (χ4n) is 4.16. The highest BCUT2D eigenvalue weighted by atomic mass is 16.5. The van der Waals surface area contributed by atoms with Crippen molar-refractivity contribution in [2.75, 3.05) is 6.54 Å². The largest absolute Gasteiger partial charge is 0.788 e. The summed E-state index contributed by atoms with van der Waals surface area (Å²) in [6, 6.07) is 0. The summed E-state index contributed by atoms with van der Waals surface area (Å²) in [5, 5.41) is 10.1. The third kappa shape index (κ3) is 25.9. The van der Waals surface area contributed by atoms with Crippen LogP contribution in [0.25, 0.3) is 0 Å². The Hall–Kier alpha value is -0.0800. The van der Waals surface area contributed by atoms with E-state index in [2.05, 4.69) is 6.92 Å². The van der Waals surface area contributed by atoms with Crippen molar-refractivity contribution >= 4 is 0 Å². The first-order valence-corrected chi connectivity index (χ1v) is 13.3. The highest BCUT2D eigenvalue weighted by molar-refractivity contribution is 4.52. The molecule has 0 saturated heterocycles. The van der Waals surface area contributed by atoms with Crippen molar-refractivity contribution in [1.82, 2.24) is 5.48 Å². The van der Waals surface area contributed by atoms with Crippen LogP contribution in [0.2, 0.25) is 0 Å². The molecule has 0 unspecified atom stereocenters. The predicted molar refractivity (Wildman–Crippen MR) is 128 cm³/mol. The molecule has 0 aromatic heterocycles. The van der Waals surface area contributed by atoms with Crippen molar-refractivity contribution in [3.63, 3.8) is 0 Å². The van der Waals surface area contributed by atoms with Gasteiger partial charge in [-0.05, 0) is 13.0 Å². The van der Waals surface area contributed by atoms with Crippen LogP contribution in [0.15, 0.2) is 0 Å². The first-order chi connectivity index (χ1) is 13.9. The van der Waals surface area contributed by atoms with Gasteiger partial charge in [0.05, 0.1) is 0 Å². The second-order valence-corrected chi connectivity index (χ2v) is 9.03. The molecule has 1 N–H and O–H groups in total. The summed E-state index contributed by atoms with van der Waals surface area (Å²) in [6.45, 7) is 2.93. The van der Waals surface area contributed by atoms with E-state index in [1.807, 2.05) is 5.48 Å². The minimum atomic E-state index is 0.638. The maximum atomic E-state index is 10.1. The van der Waals surface area contributed by atoms with E-state index in [1.54, 1.807) is 0 Å². The average Bonchev–Trinajstić information content (AvgIpc) is 2.71. The lowest BCUT2D eigenvalue weighted by atomic mass is 10.0. The second kappa shape index (κ2) is 26.9. The number of nitrogens with one attached hydrogen (secondary N) is 1. The Labute approximate surface area is 178 Å². The number of rotatable bonds is 25. The summed E-state index contributed by atoms with van der Waals surface area (Å²) in [4.78, 5) is 0. The predicted octanol–water partition coefficient (Wildman–Crippen LogP) is 9.46. The molecule has 28 heavy (non-hydrogen) atoms. The van der Waals surface area contributed by atoms with Gasteiger partial charge in [0.15, 0.2) is 0 Å². The molecule has 0 heterocycles. The maximum Gasteiger partial charge on any atom is -0.0170 e. The van der Waals surface area contributed by atoms with Gasteiger partial charge in [0.2, 0.25) is 0 Å². The quantitative estimate of drug-likeness (QED) is 0.123. The molecule has 2 nitrogen and oxygen atoms in total. The minimum absolute atomic E-state index is 0.638. The van der Waals surface area contributed by atoms with Gasteiger partial charge < -0.3 is 10.7 Å². The fraction of sp³-hybridized carbons (Fsp3) is 1.00. The van der Waals surface area contributed by atoms with Crippen molar-refractivity contribution < 1.29 is 0 Å². The summed E-state index contributed by atoms with van der Waals surface area (Å²) in [6.07, 6.45) is 34.0. The van der Waals surface area contributed by atoms with Crippen molar-refractivity contribution in [1.29, 1.82) is 0 Å². The number of hydrogen-bond acceptors (Lipinski definition) is 2. The molecule has 0 aliphatic heterocycles. The van der Waals surface area contributed by atoms with E-state index in [4.69, 9.17) is 0 Å². The smallest absolute Gasteiger partial charge is 0.0170 e. The molecule has 0 atom stereocenters. The van der Waals surface area contributed by atoms with E-state index >= 15 is 0 Å². The molecule has 0 fully saturated rings. The van der Waals surface area contributed by atoms with E-state index in [-0.39, 0.29) is 0 Å². The van der Waals surface area contributed by atoms with Crippen LogP contribution in [0.4, 0.5) is 0 Å². The molecule has 0 spiro atoms. The van der Waals surface area contributed by atoms with Gasteiger partial charge >= 0.3 is 0 Å². The minimum Gasteiger partial charge on any atom is -0.788 e. The van der Waals surface area contributed by atoms with Gasteiger partial charge in [-0.25, -0.2) is 0 Å². The number of hydrogen-bond donors (Lipinski definition) is 1. The van der Waals surface area contributed by atoms with Crippen LogP contribution in [0.3, 0.4) is 0 Å². The van der Waals surface area contributed by atoms with Crippen molar-refractivity contribution in [2.24, 2.45) is 0 Å². The van der Waals surface area contributed by atoms with Gasteiger partial charge in [0.25, 0.3) is 0 Å². The second-order valence-electron chi connectivity index (χ2n) is 9.03. The van der Waals surface area contributed by atoms with Gasteiger partial charge in [0, 0.05) is 0 Å². The fourth-order valence-corrected chi connectivity index (χ4v) is 4.16. The average molecular weight is 397 g/mol. The summed E-state index contributed by atoms with van der Waals surface area (Å²) < 4.78 is 0. The molecule has 0 rings (SSSR count). The summed E-state index contributed by atoms with van der Waals surface area (Å²) in [5.74, 6) is 0. The van der Waals surface area contributed by atoms with Gasteiger partial charge in [0.1, 0.15) is 0 Å². The molecule has 0 radical (unpaired) electrons. The first kappa shape index (κ1) is 27.9. The first-order valence-electron chi connectivity index (χ1n) is 13.3. The van der Waals surface area contributed by atoms with Gasteiger partial charge in [-0.15, -0.1) is 0 Å². The van der Waals surface area contributed by atoms with Crippen LogP contribution in [-0.4, -0.2) is 6.54 Å². The standard InChI is InChI=1S/C26H54NO/c1-2-3-4-5-6-7-8-9-10-11-12-13-14-15-16-17-18-19-20-21-22-23-24-25-26-27-28/h27H,2-26H2,1H3/q-1. The Kier molecular flexibility index (Phi) is 26.8. The van der Waals surface area contributed by atoms with E-state index in [0.29, 0.717) is 6.54 Å². The van der Waals surface area contributed by atoms with Crippen LogP contribution in [-0.2, 0) is 0 Å². The van der Waals surface area contributed by atoms with Crippen LogP contribution in [0, 0.1) is 5.21 Å². The molecule has 0 aliphatic carbocycles. The summed E-state index contributed by atoms with van der Waals surface area (Å²) in [5.41, 5.74) is 1.98. The zero-order valence-electron chi connectivity index (χ0n) is 19.6. The van der Waals surface area contributed by atoms with E-state index < -0.39 is 0 Å². The Balaban J connectivity index is 2.96. The van der Waals surface area contributed by atoms with Crippen molar-refractivity contribution in [3.8, 4) is 0 Å². The molecule has 170 valence electrons. The third-order valence-electron chi connectivity index (χ3n) is 6.13. The number of hydroxylamine groups is 1. The molecule has 0 aliphatic rings. The molecule has 0 bridgehead atoms. The zero-order chi connectivity index (χ0) is 20.4. The molecular weight excluding hydrogens is 342 g/mol. The molecule has 0 saturated carbocycles. The van der Waals surface area contributed by atoms with Gasteiger partial charge in [-0.3, -0.25) is 0 Å². The van der Waals surface area contributed by atoms with Crippen LogP contribution >= 0.6 is 0 Å². The lowest BCUT2D eigenvalue weighted by Crippen LogP contribution is -2.04. The Morgan fingerprint density at radius 2 is 0.571 bits per heavy atom. The zero-order valence-corrected chi connectivity index (χ0v) is 19.6. The SMILES string of the molecule is CCCCCCCCCCCCCCCCCCCCCCCCCCN[O-]. The molecule has 0 amide bonds. The molecule has 0 aromatic rings. The summed E-state index contributed by atoms with van der Waals surface area (Å²) >= 11 is 0. The normalized spacial score (nSPS) is 11.4. The summed E-state index contributed by atoms with van der Waals surface area (Å²) in [7, 11) is 0. The maximum absolute atomic E-state index is 10.1. The highest BCUT2D eigenvalue weighted by Crippen LogP contribution is 2.15. The molecule has 2 heteroatoms. The molecular formula is C26H54NO-. The lowest BCUT2D eigenvalue weighted by molar-refractivity contribution is 0.517. The van der Waals surface area contributed by atoms with E-state index in [9.17, 15) is 5.21 Å². The van der Waals surface area contributed by atoms with Crippen molar-refractivity contribution in [3.05, 3.63) is 5.21 Å². The Morgan fingerprint density at radius 1 is 0.357 bits per heavy atom. The van der Waals surface area contributed by atoms with Gasteiger partial charge in [-0.1, -0.05) is 155 Å². The van der Waals surface area contributed by atoms with Crippen LogP contribution < -0.4 is 5.48 Å². The Bertz CT molecular complexity index is 231. The van der Waals surface area contributed by atoms with Crippen LogP contribution in [0.1, 0.15) is 161 Å².